The summed E-state index contributed by atoms with van der Waals surface area (Å²) < 4.78 is 0. The zero-order valence-corrected chi connectivity index (χ0v) is 10.8. The van der Waals surface area contributed by atoms with Crippen molar-refractivity contribution in [1.29, 1.82) is 0 Å². The minimum Gasteiger partial charge on any atom is -0.386 e. The van der Waals surface area contributed by atoms with Gasteiger partial charge in [-0.3, -0.25) is 0 Å². The monoisotopic (exact) mass is 218 g/mol. The molecule has 0 unspecified atom stereocenters. The average molecular weight is 218 g/mol. The van der Waals surface area contributed by atoms with Crippen LogP contribution in [0.15, 0.2) is 18.2 Å². The van der Waals surface area contributed by atoms with E-state index in [2.05, 4.69) is 32.0 Å². The van der Waals surface area contributed by atoms with E-state index in [0.29, 0.717) is 5.41 Å². The maximum Gasteiger partial charge on any atom is 0.0840 e. The molecule has 1 fully saturated rings. The molecule has 1 N–H and O–H groups in total. The third-order valence-electron chi connectivity index (χ3n) is 3.80. The minimum absolute atomic E-state index is 0.380. The Morgan fingerprint density at radius 1 is 1.25 bits per heavy atom. The first kappa shape index (κ1) is 11.7. The summed E-state index contributed by atoms with van der Waals surface area (Å²) in [6, 6.07) is 6.63. The molecule has 88 valence electrons. The Bertz CT molecular complexity index is 371. The minimum atomic E-state index is -0.731. The molecule has 1 nitrogen and oxygen atoms in total. The summed E-state index contributed by atoms with van der Waals surface area (Å²) in [5.41, 5.74) is 3.44. The SMILES string of the molecule is CCc1cc(C(C)(C)O)cc(C2(C)CC2)c1. The summed E-state index contributed by atoms with van der Waals surface area (Å²) in [4.78, 5) is 0. The normalized spacial score (nSPS) is 18.6. The molecule has 0 atom stereocenters. The molecule has 0 radical (unpaired) electrons. The molecule has 1 saturated carbocycles. The Balaban J connectivity index is 2.47. The Labute approximate surface area is 98.5 Å². The van der Waals surface area contributed by atoms with Gasteiger partial charge in [0.2, 0.25) is 0 Å². The van der Waals surface area contributed by atoms with Crippen molar-refractivity contribution in [3.63, 3.8) is 0 Å². The van der Waals surface area contributed by atoms with Crippen molar-refractivity contribution in [2.24, 2.45) is 0 Å². The summed E-state index contributed by atoms with van der Waals surface area (Å²) in [6.07, 6.45) is 3.60. The van der Waals surface area contributed by atoms with Crippen molar-refractivity contribution >= 4 is 0 Å². The highest BCUT2D eigenvalue weighted by atomic mass is 16.3. The van der Waals surface area contributed by atoms with Gasteiger partial charge in [-0.25, -0.2) is 0 Å². The van der Waals surface area contributed by atoms with Crippen LogP contribution in [0.25, 0.3) is 0 Å². The van der Waals surface area contributed by atoms with E-state index < -0.39 is 5.60 Å². The van der Waals surface area contributed by atoms with E-state index in [1.54, 1.807) is 0 Å². The first-order valence-corrected chi connectivity index (χ1v) is 6.22. The molecule has 1 aliphatic rings. The Morgan fingerprint density at radius 2 is 1.88 bits per heavy atom. The van der Waals surface area contributed by atoms with Gasteiger partial charge in [-0.1, -0.05) is 32.0 Å². The van der Waals surface area contributed by atoms with Crippen molar-refractivity contribution in [3.05, 3.63) is 34.9 Å². The standard InChI is InChI=1S/C15H22O/c1-5-11-8-12(14(2,3)16)10-13(9-11)15(4)6-7-15/h8-10,16H,5-7H2,1-4H3. The summed E-state index contributed by atoms with van der Waals surface area (Å²) in [5, 5.41) is 10.1. The van der Waals surface area contributed by atoms with Gasteiger partial charge < -0.3 is 5.11 Å². The van der Waals surface area contributed by atoms with Crippen LogP contribution in [-0.4, -0.2) is 5.11 Å². The van der Waals surface area contributed by atoms with E-state index in [1.807, 2.05) is 13.8 Å². The predicted octanol–water partition coefficient (Wildman–Crippen LogP) is 3.53. The van der Waals surface area contributed by atoms with Gasteiger partial charge in [0.25, 0.3) is 0 Å². The topological polar surface area (TPSA) is 20.2 Å². The van der Waals surface area contributed by atoms with Crippen molar-refractivity contribution in [1.82, 2.24) is 0 Å². The van der Waals surface area contributed by atoms with Gasteiger partial charge in [-0.05, 0) is 55.2 Å². The van der Waals surface area contributed by atoms with Crippen LogP contribution in [0, 0.1) is 0 Å². The molecule has 0 aromatic heterocycles. The lowest BCUT2D eigenvalue weighted by Crippen LogP contribution is -2.17. The second-order valence-electron chi connectivity index (χ2n) is 5.89. The van der Waals surface area contributed by atoms with Crippen LogP contribution in [0.3, 0.4) is 0 Å². The summed E-state index contributed by atoms with van der Waals surface area (Å²) in [5.74, 6) is 0. The van der Waals surface area contributed by atoms with Crippen molar-refractivity contribution in [2.75, 3.05) is 0 Å². The maximum atomic E-state index is 10.1. The molecule has 1 aromatic rings. The molecule has 0 amide bonds. The Hall–Kier alpha value is -0.820. The number of benzene rings is 1. The molecule has 1 aromatic carbocycles. The number of rotatable bonds is 3. The Morgan fingerprint density at radius 3 is 2.31 bits per heavy atom. The van der Waals surface area contributed by atoms with Crippen LogP contribution in [0.4, 0.5) is 0 Å². The quantitative estimate of drug-likeness (QED) is 0.823. The number of aliphatic hydroxyl groups is 1. The molecule has 0 aliphatic heterocycles. The lowest BCUT2D eigenvalue weighted by atomic mass is 9.88. The van der Waals surface area contributed by atoms with Crippen LogP contribution < -0.4 is 0 Å². The third-order valence-corrected chi connectivity index (χ3v) is 3.80. The fourth-order valence-electron chi connectivity index (χ4n) is 2.07. The molecule has 0 saturated heterocycles. The second-order valence-corrected chi connectivity index (χ2v) is 5.89. The molecule has 16 heavy (non-hydrogen) atoms. The molecule has 1 heteroatoms. The highest BCUT2D eigenvalue weighted by Crippen LogP contribution is 2.48. The third kappa shape index (κ3) is 2.15. The highest BCUT2D eigenvalue weighted by Gasteiger charge is 2.39. The second kappa shape index (κ2) is 3.59. The van der Waals surface area contributed by atoms with Gasteiger partial charge >= 0.3 is 0 Å². The molecule has 0 heterocycles. The summed E-state index contributed by atoms with van der Waals surface area (Å²) in [7, 11) is 0. The molecule has 1 aliphatic carbocycles. The van der Waals surface area contributed by atoms with E-state index >= 15 is 0 Å². The van der Waals surface area contributed by atoms with Crippen LogP contribution >= 0.6 is 0 Å². The van der Waals surface area contributed by atoms with Crippen molar-refractivity contribution < 1.29 is 5.11 Å². The maximum absolute atomic E-state index is 10.1. The van der Waals surface area contributed by atoms with Gasteiger partial charge in [0.05, 0.1) is 5.60 Å². The van der Waals surface area contributed by atoms with E-state index in [-0.39, 0.29) is 0 Å². The van der Waals surface area contributed by atoms with Gasteiger partial charge in [-0.15, -0.1) is 0 Å². The lowest BCUT2D eigenvalue weighted by molar-refractivity contribution is 0.0784. The molecule has 0 spiro atoms. The first-order chi connectivity index (χ1) is 7.35. The van der Waals surface area contributed by atoms with E-state index in [9.17, 15) is 5.11 Å². The molecule has 2 rings (SSSR count). The highest BCUT2D eigenvalue weighted by molar-refractivity contribution is 5.39. The molecular weight excluding hydrogens is 196 g/mol. The number of aryl methyl sites for hydroxylation is 1. The van der Waals surface area contributed by atoms with Crippen LogP contribution in [-0.2, 0) is 17.4 Å². The number of hydrogen-bond donors (Lipinski definition) is 1. The zero-order chi connectivity index (χ0) is 12.0. The summed E-state index contributed by atoms with van der Waals surface area (Å²) in [6.45, 7) is 8.21. The van der Waals surface area contributed by atoms with Gasteiger partial charge in [0.1, 0.15) is 0 Å². The van der Waals surface area contributed by atoms with Crippen molar-refractivity contribution in [2.45, 2.75) is 58.0 Å². The van der Waals surface area contributed by atoms with Crippen LogP contribution in [0.1, 0.15) is 57.2 Å². The number of hydrogen-bond acceptors (Lipinski definition) is 1. The fourth-order valence-corrected chi connectivity index (χ4v) is 2.07. The first-order valence-electron chi connectivity index (χ1n) is 6.22. The van der Waals surface area contributed by atoms with Gasteiger partial charge in [0, 0.05) is 0 Å². The fraction of sp³-hybridized carbons (Fsp3) is 0.600. The zero-order valence-electron chi connectivity index (χ0n) is 10.8. The Kier molecular flexibility index (Phi) is 2.62. The smallest absolute Gasteiger partial charge is 0.0840 e. The van der Waals surface area contributed by atoms with E-state index in [1.165, 1.54) is 24.0 Å². The van der Waals surface area contributed by atoms with Crippen LogP contribution in [0.5, 0.6) is 0 Å². The average Bonchev–Trinajstić information content (AvgIpc) is 2.96. The molecular formula is C15H22O. The largest absolute Gasteiger partial charge is 0.386 e. The van der Waals surface area contributed by atoms with Gasteiger partial charge in [-0.2, -0.15) is 0 Å². The lowest BCUT2D eigenvalue weighted by Gasteiger charge is -2.21. The molecule has 0 bridgehead atoms. The van der Waals surface area contributed by atoms with Crippen LogP contribution in [0.2, 0.25) is 0 Å². The van der Waals surface area contributed by atoms with Crippen molar-refractivity contribution in [3.8, 4) is 0 Å². The summed E-state index contributed by atoms with van der Waals surface area (Å²) >= 11 is 0. The van der Waals surface area contributed by atoms with E-state index in [4.69, 9.17) is 0 Å². The predicted molar refractivity (Wildman–Crippen MR) is 67.7 cm³/mol. The van der Waals surface area contributed by atoms with Gasteiger partial charge in [0.15, 0.2) is 0 Å². The van der Waals surface area contributed by atoms with E-state index in [0.717, 1.165) is 12.0 Å².